The fourth-order valence-electron chi connectivity index (χ4n) is 3.39. The van der Waals surface area contributed by atoms with Crippen LogP contribution < -0.4 is 4.74 Å². The Morgan fingerprint density at radius 3 is 2.80 bits per heavy atom. The van der Waals surface area contributed by atoms with E-state index in [1.165, 1.54) is 16.8 Å². The Bertz CT molecular complexity index is 1130. The summed E-state index contributed by atoms with van der Waals surface area (Å²) in [5.74, 6) is 0.492. The van der Waals surface area contributed by atoms with Crippen LogP contribution in [0.15, 0.2) is 47.9 Å². The number of rotatable bonds is 5. The number of amides is 1. The number of nitrogens with zero attached hydrogens (tertiary/aromatic N) is 4. The maximum atomic E-state index is 13.0. The van der Waals surface area contributed by atoms with Crippen molar-refractivity contribution in [2.45, 2.75) is 11.4 Å². The highest BCUT2D eigenvalue weighted by molar-refractivity contribution is 7.89. The number of hydrogen-bond acceptors (Lipinski definition) is 6. The first-order valence-electron chi connectivity index (χ1n) is 9.46. The van der Waals surface area contributed by atoms with Crippen LogP contribution in [-0.4, -0.2) is 77.0 Å². The summed E-state index contributed by atoms with van der Waals surface area (Å²) in [6.45, 7) is 1.30. The van der Waals surface area contributed by atoms with Crippen molar-refractivity contribution in [1.82, 2.24) is 29.4 Å². The molecule has 4 rings (SSSR count). The van der Waals surface area contributed by atoms with Crippen molar-refractivity contribution < 1.29 is 17.9 Å². The van der Waals surface area contributed by atoms with Gasteiger partial charge in [-0.25, -0.2) is 13.4 Å². The molecule has 10 nitrogen and oxygen atoms in total. The van der Waals surface area contributed by atoms with Crippen LogP contribution in [0.1, 0.15) is 16.9 Å². The van der Waals surface area contributed by atoms with E-state index in [2.05, 4.69) is 20.2 Å². The molecular weight excluding hydrogens is 408 g/mol. The molecule has 1 amide bonds. The Balaban J connectivity index is 1.46. The standard InChI is InChI=1S/C19H22N6O4S/c1-29-15-5-2-4-14(10-15)16-11-17(23-22-16)19(26)24-6-3-7-25(9-8-24)30(27,28)18-12-20-13-21-18/h2,4-5,10-13H,3,6-9H2,1H3,(H,20,21)(H,22,23). The molecule has 2 N–H and O–H groups in total. The van der Waals surface area contributed by atoms with Gasteiger partial charge in [0.15, 0.2) is 5.03 Å². The summed E-state index contributed by atoms with van der Waals surface area (Å²) in [5.41, 5.74) is 1.82. The van der Waals surface area contributed by atoms with Crippen molar-refractivity contribution in [1.29, 1.82) is 0 Å². The Morgan fingerprint density at radius 2 is 2.03 bits per heavy atom. The lowest BCUT2D eigenvalue weighted by atomic mass is 10.1. The van der Waals surface area contributed by atoms with E-state index in [4.69, 9.17) is 4.74 Å². The van der Waals surface area contributed by atoms with E-state index in [0.717, 1.165) is 5.56 Å². The summed E-state index contributed by atoms with van der Waals surface area (Å²) in [6.07, 6.45) is 3.16. The number of benzene rings is 1. The number of aromatic nitrogens is 4. The normalized spacial score (nSPS) is 15.7. The first-order valence-corrected chi connectivity index (χ1v) is 10.9. The van der Waals surface area contributed by atoms with Crippen molar-refractivity contribution in [2.75, 3.05) is 33.3 Å². The zero-order valence-electron chi connectivity index (χ0n) is 16.4. The molecule has 0 spiro atoms. The van der Waals surface area contributed by atoms with Gasteiger partial charge >= 0.3 is 0 Å². The van der Waals surface area contributed by atoms with E-state index >= 15 is 0 Å². The maximum absolute atomic E-state index is 13.0. The molecule has 1 aliphatic rings. The quantitative estimate of drug-likeness (QED) is 0.630. The minimum Gasteiger partial charge on any atom is -0.497 e. The monoisotopic (exact) mass is 430 g/mol. The summed E-state index contributed by atoms with van der Waals surface area (Å²) < 4.78 is 32.0. The number of ether oxygens (including phenoxy) is 1. The third-order valence-electron chi connectivity index (χ3n) is 5.01. The van der Waals surface area contributed by atoms with Gasteiger partial charge in [-0.05, 0) is 24.6 Å². The van der Waals surface area contributed by atoms with Gasteiger partial charge in [0.05, 0.1) is 25.3 Å². The highest BCUT2D eigenvalue weighted by Gasteiger charge is 2.29. The molecular formula is C19H22N6O4S. The molecule has 0 radical (unpaired) electrons. The van der Waals surface area contributed by atoms with E-state index in [-0.39, 0.29) is 17.5 Å². The number of sulfonamides is 1. The highest BCUT2D eigenvalue weighted by Crippen LogP contribution is 2.23. The Kier molecular flexibility index (Phi) is 5.55. The number of methoxy groups -OCH3 is 1. The predicted octanol–water partition coefficient (Wildman–Crippen LogP) is 1.35. The fraction of sp³-hybridized carbons (Fsp3) is 0.316. The average molecular weight is 430 g/mol. The number of aromatic amines is 2. The van der Waals surface area contributed by atoms with Crippen LogP contribution in [0.2, 0.25) is 0 Å². The maximum Gasteiger partial charge on any atom is 0.271 e. The van der Waals surface area contributed by atoms with E-state index in [1.807, 2.05) is 24.3 Å². The third kappa shape index (κ3) is 3.94. The smallest absolute Gasteiger partial charge is 0.271 e. The molecule has 3 heterocycles. The average Bonchev–Trinajstić information content (AvgIpc) is 3.42. The lowest BCUT2D eigenvalue weighted by molar-refractivity contribution is 0.0758. The molecule has 1 aliphatic heterocycles. The number of H-pyrrole nitrogens is 2. The number of imidazole rings is 1. The van der Waals surface area contributed by atoms with Crippen molar-refractivity contribution in [3.8, 4) is 17.0 Å². The summed E-state index contributed by atoms with van der Waals surface area (Å²) in [5, 5.41) is 7.09. The van der Waals surface area contributed by atoms with Crippen LogP contribution in [-0.2, 0) is 10.0 Å². The Labute approximate surface area is 173 Å². The van der Waals surface area contributed by atoms with Crippen LogP contribution in [0.3, 0.4) is 0 Å². The van der Waals surface area contributed by atoms with Crippen LogP contribution in [0.25, 0.3) is 11.3 Å². The van der Waals surface area contributed by atoms with E-state index in [0.29, 0.717) is 43.2 Å². The van der Waals surface area contributed by atoms with E-state index in [9.17, 15) is 13.2 Å². The van der Waals surface area contributed by atoms with Crippen molar-refractivity contribution >= 4 is 15.9 Å². The molecule has 30 heavy (non-hydrogen) atoms. The third-order valence-corrected chi connectivity index (χ3v) is 6.83. The number of nitrogens with one attached hydrogen (secondary N) is 2. The van der Waals surface area contributed by atoms with Gasteiger partial charge in [0, 0.05) is 31.7 Å². The SMILES string of the molecule is COc1cccc(-c2cc(C(=O)N3CCCN(S(=O)(=O)c4cnc[nH]4)CC3)[nH]n2)c1. The molecule has 11 heteroatoms. The van der Waals surface area contributed by atoms with Gasteiger partial charge in [-0.1, -0.05) is 12.1 Å². The molecule has 0 bridgehead atoms. The topological polar surface area (TPSA) is 124 Å². The lowest BCUT2D eigenvalue weighted by Crippen LogP contribution is -2.37. The van der Waals surface area contributed by atoms with Crippen molar-refractivity contribution in [3.63, 3.8) is 0 Å². The molecule has 1 fully saturated rings. The van der Waals surface area contributed by atoms with Gasteiger partial charge in [0.1, 0.15) is 11.4 Å². The van der Waals surface area contributed by atoms with Gasteiger partial charge < -0.3 is 14.6 Å². The second-order valence-corrected chi connectivity index (χ2v) is 8.77. The highest BCUT2D eigenvalue weighted by atomic mass is 32.2. The molecule has 1 aromatic carbocycles. The molecule has 1 saturated heterocycles. The van der Waals surface area contributed by atoms with Crippen LogP contribution in [0, 0.1) is 0 Å². The first-order chi connectivity index (χ1) is 14.5. The number of carbonyl (C=O) groups excluding carboxylic acids is 1. The zero-order valence-corrected chi connectivity index (χ0v) is 17.2. The molecule has 0 atom stereocenters. The molecule has 0 unspecified atom stereocenters. The second kappa shape index (κ2) is 8.28. The van der Waals surface area contributed by atoms with Crippen LogP contribution >= 0.6 is 0 Å². The van der Waals surface area contributed by atoms with Crippen LogP contribution in [0.5, 0.6) is 5.75 Å². The van der Waals surface area contributed by atoms with Gasteiger partial charge in [-0.2, -0.15) is 9.40 Å². The van der Waals surface area contributed by atoms with E-state index < -0.39 is 10.0 Å². The Hall–Kier alpha value is -3.18. The van der Waals surface area contributed by atoms with Crippen molar-refractivity contribution in [2.24, 2.45) is 0 Å². The first kappa shape index (κ1) is 20.1. The minimum absolute atomic E-state index is 0.0544. The predicted molar refractivity (Wildman–Crippen MR) is 108 cm³/mol. The van der Waals surface area contributed by atoms with Gasteiger partial charge in [-0.15, -0.1) is 0 Å². The summed E-state index contributed by atoms with van der Waals surface area (Å²) in [4.78, 5) is 21.0. The summed E-state index contributed by atoms with van der Waals surface area (Å²) >= 11 is 0. The van der Waals surface area contributed by atoms with Crippen molar-refractivity contribution in [3.05, 3.63) is 48.5 Å². The fourth-order valence-corrected chi connectivity index (χ4v) is 4.76. The molecule has 158 valence electrons. The summed E-state index contributed by atoms with van der Waals surface area (Å²) in [7, 11) is -2.06. The van der Waals surface area contributed by atoms with Gasteiger partial charge in [0.2, 0.25) is 0 Å². The second-order valence-electron chi connectivity index (χ2n) is 6.86. The largest absolute Gasteiger partial charge is 0.497 e. The van der Waals surface area contributed by atoms with Gasteiger partial charge in [0.25, 0.3) is 15.9 Å². The number of hydrogen-bond donors (Lipinski definition) is 2. The minimum atomic E-state index is -3.65. The molecule has 0 saturated carbocycles. The number of carbonyl (C=O) groups is 1. The van der Waals surface area contributed by atoms with E-state index in [1.54, 1.807) is 18.1 Å². The zero-order chi connectivity index (χ0) is 21.1. The summed E-state index contributed by atoms with van der Waals surface area (Å²) in [6, 6.07) is 9.11. The van der Waals surface area contributed by atoms with Crippen LogP contribution in [0.4, 0.5) is 0 Å². The molecule has 3 aromatic rings. The Morgan fingerprint density at radius 1 is 1.17 bits per heavy atom. The molecule has 2 aromatic heterocycles. The van der Waals surface area contributed by atoms with Gasteiger partial charge in [-0.3, -0.25) is 9.89 Å². The molecule has 0 aliphatic carbocycles. The lowest BCUT2D eigenvalue weighted by Gasteiger charge is -2.20.